The molecule has 2 aromatic rings. The van der Waals surface area contributed by atoms with Gasteiger partial charge in [0, 0.05) is 27.1 Å². The second-order valence-electron chi connectivity index (χ2n) is 5.95. The zero-order chi connectivity index (χ0) is 19.6. The van der Waals surface area contributed by atoms with E-state index in [9.17, 15) is 9.18 Å². The highest BCUT2D eigenvalue weighted by Crippen LogP contribution is 2.25. The maximum Gasteiger partial charge on any atom is 0.221 e. The lowest BCUT2D eigenvalue weighted by Gasteiger charge is -2.14. The van der Waals surface area contributed by atoms with Gasteiger partial charge in [0.25, 0.3) is 0 Å². The molecule has 2 rings (SSSR count). The molecule has 27 heavy (non-hydrogen) atoms. The standard InChI is InChI=1S/C20H25FN4O2/c1-14(26)25-18-12-16(7-8-19(18)27-3)13-24-20(22-2)23-10-9-15-5-4-6-17(21)11-15/h4-8,11-12H,9-10,13H2,1-3H3,(H,25,26)(H2,22,23,24). The van der Waals surface area contributed by atoms with Gasteiger partial charge in [-0.15, -0.1) is 0 Å². The van der Waals surface area contributed by atoms with Crippen molar-refractivity contribution in [2.45, 2.75) is 19.9 Å². The van der Waals surface area contributed by atoms with Gasteiger partial charge in [0.2, 0.25) is 5.91 Å². The Kier molecular flexibility index (Phi) is 7.61. The number of aliphatic imine (C=N–C) groups is 1. The topological polar surface area (TPSA) is 74.8 Å². The Morgan fingerprint density at radius 2 is 1.96 bits per heavy atom. The van der Waals surface area contributed by atoms with E-state index in [0.717, 1.165) is 11.1 Å². The first-order valence-electron chi connectivity index (χ1n) is 8.65. The number of nitrogens with one attached hydrogen (secondary N) is 3. The van der Waals surface area contributed by atoms with Crippen LogP contribution in [0.15, 0.2) is 47.5 Å². The van der Waals surface area contributed by atoms with Crippen molar-refractivity contribution in [1.29, 1.82) is 0 Å². The number of anilines is 1. The minimum absolute atomic E-state index is 0.159. The van der Waals surface area contributed by atoms with Crippen molar-refractivity contribution in [2.24, 2.45) is 4.99 Å². The molecule has 0 aliphatic rings. The average Bonchev–Trinajstić information content (AvgIpc) is 2.64. The summed E-state index contributed by atoms with van der Waals surface area (Å²) in [6.07, 6.45) is 0.688. The van der Waals surface area contributed by atoms with E-state index in [0.29, 0.717) is 36.9 Å². The average molecular weight is 372 g/mol. The van der Waals surface area contributed by atoms with Crippen LogP contribution in [-0.4, -0.2) is 32.6 Å². The number of carbonyl (C=O) groups is 1. The normalized spacial score (nSPS) is 11.0. The highest BCUT2D eigenvalue weighted by molar-refractivity contribution is 5.90. The third kappa shape index (κ3) is 6.62. The largest absolute Gasteiger partial charge is 0.495 e. The minimum atomic E-state index is -0.232. The summed E-state index contributed by atoms with van der Waals surface area (Å²) in [5.74, 6) is 0.854. The number of nitrogens with zero attached hydrogens (tertiary/aromatic N) is 1. The van der Waals surface area contributed by atoms with Crippen LogP contribution in [0, 0.1) is 5.82 Å². The van der Waals surface area contributed by atoms with Crippen LogP contribution in [0.2, 0.25) is 0 Å². The summed E-state index contributed by atoms with van der Waals surface area (Å²) in [6.45, 7) is 2.60. The zero-order valence-corrected chi connectivity index (χ0v) is 15.8. The molecule has 0 spiro atoms. The van der Waals surface area contributed by atoms with Crippen LogP contribution in [-0.2, 0) is 17.8 Å². The number of hydrogen-bond donors (Lipinski definition) is 3. The molecular weight excluding hydrogens is 347 g/mol. The molecule has 0 fully saturated rings. The second-order valence-corrected chi connectivity index (χ2v) is 5.95. The van der Waals surface area contributed by atoms with Crippen molar-refractivity contribution in [3.63, 3.8) is 0 Å². The molecule has 0 radical (unpaired) electrons. The lowest BCUT2D eigenvalue weighted by molar-refractivity contribution is -0.114. The van der Waals surface area contributed by atoms with E-state index >= 15 is 0 Å². The molecule has 0 heterocycles. The van der Waals surface area contributed by atoms with Crippen molar-refractivity contribution in [2.75, 3.05) is 26.0 Å². The fourth-order valence-corrected chi connectivity index (χ4v) is 2.58. The van der Waals surface area contributed by atoms with Crippen molar-refractivity contribution in [3.8, 4) is 5.75 Å². The van der Waals surface area contributed by atoms with Gasteiger partial charge in [0.1, 0.15) is 11.6 Å². The molecule has 1 amide bonds. The summed E-state index contributed by atoms with van der Waals surface area (Å²) in [4.78, 5) is 15.5. The number of benzene rings is 2. The fourth-order valence-electron chi connectivity index (χ4n) is 2.58. The summed E-state index contributed by atoms with van der Waals surface area (Å²) in [7, 11) is 3.25. The number of carbonyl (C=O) groups excluding carboxylic acids is 1. The Bertz CT molecular complexity index is 808. The first kappa shape index (κ1) is 20.2. The molecule has 0 bridgehead atoms. The van der Waals surface area contributed by atoms with Gasteiger partial charge >= 0.3 is 0 Å². The van der Waals surface area contributed by atoms with E-state index in [1.54, 1.807) is 20.2 Å². The van der Waals surface area contributed by atoms with E-state index in [1.807, 2.05) is 24.3 Å². The first-order valence-corrected chi connectivity index (χ1v) is 8.65. The number of methoxy groups -OCH3 is 1. The number of hydrogen-bond acceptors (Lipinski definition) is 3. The Labute approximate surface area is 158 Å². The molecule has 0 unspecified atom stereocenters. The van der Waals surface area contributed by atoms with Gasteiger partial charge in [0.05, 0.1) is 12.8 Å². The van der Waals surface area contributed by atoms with Gasteiger partial charge in [-0.3, -0.25) is 9.79 Å². The van der Waals surface area contributed by atoms with E-state index < -0.39 is 0 Å². The Morgan fingerprint density at radius 1 is 1.15 bits per heavy atom. The zero-order valence-electron chi connectivity index (χ0n) is 15.8. The van der Waals surface area contributed by atoms with Crippen LogP contribution in [0.3, 0.4) is 0 Å². The Balaban J connectivity index is 1.88. The van der Waals surface area contributed by atoms with Crippen LogP contribution in [0.5, 0.6) is 5.75 Å². The SMILES string of the molecule is CN=C(NCCc1cccc(F)c1)NCc1ccc(OC)c(NC(C)=O)c1. The molecular formula is C20H25FN4O2. The summed E-state index contributed by atoms with van der Waals surface area (Å²) in [5, 5.41) is 9.17. The highest BCUT2D eigenvalue weighted by atomic mass is 19.1. The van der Waals surface area contributed by atoms with Gasteiger partial charge in [-0.2, -0.15) is 0 Å². The molecule has 3 N–H and O–H groups in total. The molecule has 0 aromatic heterocycles. The molecule has 0 saturated carbocycles. The predicted molar refractivity (Wildman–Crippen MR) is 106 cm³/mol. The molecule has 7 heteroatoms. The monoisotopic (exact) mass is 372 g/mol. The van der Waals surface area contributed by atoms with Gasteiger partial charge in [-0.1, -0.05) is 18.2 Å². The third-order valence-electron chi connectivity index (χ3n) is 3.85. The minimum Gasteiger partial charge on any atom is -0.495 e. The highest BCUT2D eigenvalue weighted by Gasteiger charge is 2.07. The van der Waals surface area contributed by atoms with Gasteiger partial charge in [0.15, 0.2) is 5.96 Å². The smallest absolute Gasteiger partial charge is 0.221 e. The quantitative estimate of drug-likeness (QED) is 0.516. The molecule has 6 nitrogen and oxygen atoms in total. The van der Waals surface area contributed by atoms with E-state index in [4.69, 9.17) is 4.74 Å². The summed E-state index contributed by atoms with van der Waals surface area (Å²) < 4.78 is 18.5. The van der Waals surface area contributed by atoms with Crippen LogP contribution >= 0.6 is 0 Å². The summed E-state index contributed by atoms with van der Waals surface area (Å²) in [6, 6.07) is 12.1. The van der Waals surface area contributed by atoms with Gasteiger partial charge in [-0.25, -0.2) is 4.39 Å². The van der Waals surface area contributed by atoms with E-state index in [2.05, 4.69) is 20.9 Å². The Morgan fingerprint density at radius 3 is 2.63 bits per heavy atom. The maximum atomic E-state index is 13.2. The molecule has 0 atom stereocenters. The van der Waals surface area contributed by atoms with Gasteiger partial charge in [-0.05, 0) is 41.8 Å². The van der Waals surface area contributed by atoms with Crippen molar-refractivity contribution < 1.29 is 13.9 Å². The number of ether oxygens (including phenoxy) is 1. The molecule has 0 saturated heterocycles. The van der Waals surface area contributed by atoms with Crippen molar-refractivity contribution in [1.82, 2.24) is 10.6 Å². The number of amides is 1. The van der Waals surface area contributed by atoms with Crippen LogP contribution in [0.25, 0.3) is 0 Å². The molecule has 2 aromatic carbocycles. The fraction of sp³-hybridized carbons (Fsp3) is 0.300. The lowest BCUT2D eigenvalue weighted by Crippen LogP contribution is -2.37. The number of halogens is 1. The first-order chi connectivity index (χ1) is 13.0. The molecule has 144 valence electrons. The second kappa shape index (κ2) is 10.2. The Hall–Kier alpha value is -3.09. The van der Waals surface area contributed by atoms with E-state index in [1.165, 1.54) is 19.1 Å². The molecule has 0 aliphatic heterocycles. The maximum absolute atomic E-state index is 13.2. The number of guanidine groups is 1. The van der Waals surface area contributed by atoms with Crippen LogP contribution in [0.4, 0.5) is 10.1 Å². The summed E-state index contributed by atoms with van der Waals surface area (Å²) >= 11 is 0. The van der Waals surface area contributed by atoms with Crippen LogP contribution < -0.4 is 20.7 Å². The van der Waals surface area contributed by atoms with Crippen LogP contribution in [0.1, 0.15) is 18.1 Å². The van der Waals surface area contributed by atoms with E-state index in [-0.39, 0.29) is 11.7 Å². The van der Waals surface area contributed by atoms with Gasteiger partial charge < -0.3 is 20.7 Å². The third-order valence-corrected chi connectivity index (χ3v) is 3.85. The van der Waals surface area contributed by atoms with Crippen molar-refractivity contribution >= 4 is 17.6 Å². The van der Waals surface area contributed by atoms with Crippen molar-refractivity contribution in [3.05, 3.63) is 59.4 Å². The summed E-state index contributed by atoms with van der Waals surface area (Å²) in [5.41, 5.74) is 2.51. The number of rotatable bonds is 7. The predicted octanol–water partition coefficient (Wildman–Crippen LogP) is 2.70. The molecule has 0 aliphatic carbocycles. The lowest BCUT2D eigenvalue weighted by atomic mass is 10.1.